The molecule has 1 aromatic heterocycles. The molecule has 44 heavy (non-hydrogen) atoms. The van der Waals surface area contributed by atoms with Gasteiger partial charge in [-0.3, -0.25) is 4.90 Å². The summed E-state index contributed by atoms with van der Waals surface area (Å²) in [5.74, 6) is 3.63. The molecule has 0 amide bonds. The van der Waals surface area contributed by atoms with E-state index in [1.54, 1.807) is 35.7 Å². The first-order chi connectivity index (χ1) is 21.3. The highest BCUT2D eigenvalue weighted by atomic mass is 32.2. The minimum atomic E-state index is -3.59. The lowest BCUT2D eigenvalue weighted by molar-refractivity contribution is 0.141. The van der Waals surface area contributed by atoms with E-state index in [1.165, 1.54) is 0 Å². The predicted octanol–water partition coefficient (Wildman–Crippen LogP) is 5.16. The van der Waals surface area contributed by atoms with Gasteiger partial charge in [0.05, 0.1) is 36.8 Å². The van der Waals surface area contributed by atoms with Crippen molar-refractivity contribution in [1.82, 2.24) is 19.2 Å². The highest BCUT2D eigenvalue weighted by molar-refractivity contribution is 7.89. The highest BCUT2D eigenvalue weighted by Crippen LogP contribution is 2.30. The maximum Gasteiger partial charge on any atom is 0.243 e. The van der Waals surface area contributed by atoms with Crippen LogP contribution < -0.4 is 19.5 Å². The molecule has 2 heterocycles. The molecule has 1 saturated heterocycles. The first-order valence-electron chi connectivity index (χ1n) is 15.1. The Bertz CT molecular complexity index is 1660. The van der Waals surface area contributed by atoms with Crippen LogP contribution in [0.1, 0.15) is 38.2 Å². The summed E-state index contributed by atoms with van der Waals surface area (Å²) < 4.78 is 44.7. The summed E-state index contributed by atoms with van der Waals surface area (Å²) in [6, 6.07) is 20.5. The Morgan fingerprint density at radius 2 is 1.59 bits per heavy atom. The summed E-state index contributed by atoms with van der Waals surface area (Å²) in [5, 5.41) is 4.50. The third kappa shape index (κ3) is 7.06. The number of rotatable bonds is 13. The SMILES string of the molecule is CCOc1ccc(CCNc2nc([C@H](C)N3CCN(S(=O)(=O)c4ccc(OC)cc4)CC3)nc3ccccc23)cc1OCC. The molecule has 234 valence electrons. The summed E-state index contributed by atoms with van der Waals surface area (Å²) >= 11 is 0. The quantitative estimate of drug-likeness (QED) is 0.217. The molecule has 1 N–H and O–H groups in total. The Morgan fingerprint density at radius 1 is 0.886 bits per heavy atom. The van der Waals surface area contributed by atoms with E-state index in [0.717, 1.165) is 40.2 Å². The van der Waals surface area contributed by atoms with E-state index in [9.17, 15) is 8.42 Å². The second-order valence-corrected chi connectivity index (χ2v) is 12.5. The van der Waals surface area contributed by atoms with Crippen molar-refractivity contribution in [2.45, 2.75) is 38.1 Å². The van der Waals surface area contributed by atoms with Crippen molar-refractivity contribution in [2.24, 2.45) is 0 Å². The Labute approximate surface area is 260 Å². The second-order valence-electron chi connectivity index (χ2n) is 10.6. The molecule has 1 aliphatic rings. The lowest BCUT2D eigenvalue weighted by Crippen LogP contribution is -2.49. The molecule has 1 atom stereocenters. The Morgan fingerprint density at radius 3 is 2.30 bits per heavy atom. The number of nitrogens with one attached hydrogen (secondary N) is 1. The van der Waals surface area contributed by atoms with Gasteiger partial charge in [0.2, 0.25) is 10.0 Å². The number of nitrogens with zero attached hydrogens (tertiary/aromatic N) is 4. The van der Waals surface area contributed by atoms with E-state index >= 15 is 0 Å². The van der Waals surface area contributed by atoms with Gasteiger partial charge in [0, 0.05) is 38.1 Å². The molecule has 5 rings (SSSR count). The van der Waals surface area contributed by atoms with Crippen molar-refractivity contribution in [2.75, 3.05) is 58.4 Å². The number of sulfonamides is 1. The van der Waals surface area contributed by atoms with Gasteiger partial charge in [-0.05, 0) is 81.3 Å². The number of methoxy groups -OCH3 is 1. The molecule has 1 aliphatic heterocycles. The zero-order valence-corrected chi connectivity index (χ0v) is 26.6. The fraction of sp³-hybridized carbons (Fsp3) is 0.394. The van der Waals surface area contributed by atoms with E-state index in [-0.39, 0.29) is 10.9 Å². The molecule has 3 aromatic carbocycles. The van der Waals surface area contributed by atoms with Crippen molar-refractivity contribution < 1.29 is 22.6 Å². The maximum atomic E-state index is 13.2. The number of anilines is 1. The van der Waals surface area contributed by atoms with Gasteiger partial charge in [-0.25, -0.2) is 18.4 Å². The average Bonchev–Trinajstić information content (AvgIpc) is 3.05. The van der Waals surface area contributed by atoms with Gasteiger partial charge in [-0.2, -0.15) is 4.31 Å². The number of piperazine rings is 1. The molecule has 0 spiro atoms. The van der Waals surface area contributed by atoms with Crippen LogP contribution in [0, 0.1) is 0 Å². The van der Waals surface area contributed by atoms with Gasteiger partial charge in [0.15, 0.2) is 11.5 Å². The van der Waals surface area contributed by atoms with Crippen LogP contribution in [-0.2, 0) is 16.4 Å². The fourth-order valence-corrected chi connectivity index (χ4v) is 6.81. The molecule has 11 heteroatoms. The molecule has 1 fully saturated rings. The normalized spacial score (nSPS) is 15.2. The van der Waals surface area contributed by atoms with E-state index in [1.807, 2.05) is 50.2 Å². The van der Waals surface area contributed by atoms with Gasteiger partial charge >= 0.3 is 0 Å². The van der Waals surface area contributed by atoms with Crippen molar-refractivity contribution in [1.29, 1.82) is 0 Å². The number of fused-ring (bicyclic) bond motifs is 1. The van der Waals surface area contributed by atoms with Crippen LogP contribution >= 0.6 is 0 Å². The summed E-state index contributed by atoms with van der Waals surface area (Å²) in [7, 11) is -2.03. The summed E-state index contributed by atoms with van der Waals surface area (Å²) in [4.78, 5) is 12.4. The Kier molecular flexibility index (Phi) is 10.2. The number of para-hydroxylation sites is 1. The van der Waals surface area contributed by atoms with Crippen LogP contribution in [0.15, 0.2) is 71.6 Å². The van der Waals surface area contributed by atoms with Gasteiger partial charge in [-0.15, -0.1) is 0 Å². The molecule has 0 saturated carbocycles. The standard InChI is InChI=1S/C33H41N5O5S/c1-5-42-30-16-11-25(23-31(30)43-6-2)17-18-34-33-28-9-7-8-10-29(28)35-32(36-33)24(3)37-19-21-38(22-20-37)44(39,40)27-14-12-26(41-4)13-15-27/h7-16,23-24H,5-6,17-22H2,1-4H3,(H,34,35,36)/t24-/m0/s1. The zero-order valence-electron chi connectivity index (χ0n) is 25.8. The van der Waals surface area contributed by atoms with Crippen LogP contribution in [0.5, 0.6) is 17.2 Å². The number of aromatic nitrogens is 2. The lowest BCUT2D eigenvalue weighted by Gasteiger charge is -2.36. The minimum Gasteiger partial charge on any atom is -0.497 e. The van der Waals surface area contributed by atoms with Crippen molar-refractivity contribution in [3.8, 4) is 17.2 Å². The van der Waals surface area contributed by atoms with Crippen molar-refractivity contribution in [3.63, 3.8) is 0 Å². The molecule has 10 nitrogen and oxygen atoms in total. The monoisotopic (exact) mass is 619 g/mol. The molecule has 4 aromatic rings. The van der Waals surface area contributed by atoms with Crippen LogP contribution in [0.2, 0.25) is 0 Å². The maximum absolute atomic E-state index is 13.2. The van der Waals surface area contributed by atoms with Crippen molar-refractivity contribution in [3.05, 3.63) is 78.1 Å². The number of hydrogen-bond donors (Lipinski definition) is 1. The highest BCUT2D eigenvalue weighted by Gasteiger charge is 2.31. The summed E-state index contributed by atoms with van der Waals surface area (Å²) in [6.45, 7) is 9.78. The fourth-order valence-electron chi connectivity index (χ4n) is 5.38. The van der Waals surface area contributed by atoms with E-state index in [0.29, 0.717) is 57.5 Å². The largest absolute Gasteiger partial charge is 0.497 e. The topological polar surface area (TPSA) is 106 Å². The van der Waals surface area contributed by atoms with E-state index in [4.69, 9.17) is 24.2 Å². The Hall–Kier alpha value is -3.93. The van der Waals surface area contributed by atoms with Gasteiger partial charge in [0.1, 0.15) is 17.4 Å². The lowest BCUT2D eigenvalue weighted by atomic mass is 10.1. The number of hydrogen-bond acceptors (Lipinski definition) is 9. The number of benzene rings is 3. The minimum absolute atomic E-state index is 0.0918. The predicted molar refractivity (Wildman–Crippen MR) is 172 cm³/mol. The summed E-state index contributed by atoms with van der Waals surface area (Å²) in [5.41, 5.74) is 2.01. The van der Waals surface area contributed by atoms with Gasteiger partial charge in [0.25, 0.3) is 0 Å². The zero-order chi connectivity index (χ0) is 31.1. The number of ether oxygens (including phenoxy) is 3. The second kappa shape index (κ2) is 14.2. The molecule has 0 radical (unpaired) electrons. The molecule has 0 aliphatic carbocycles. The molecule has 0 unspecified atom stereocenters. The van der Waals surface area contributed by atoms with Crippen LogP contribution in [0.25, 0.3) is 10.9 Å². The van der Waals surface area contributed by atoms with E-state index < -0.39 is 10.0 Å². The van der Waals surface area contributed by atoms with Crippen LogP contribution in [0.4, 0.5) is 5.82 Å². The van der Waals surface area contributed by atoms with E-state index in [2.05, 4.69) is 23.2 Å². The van der Waals surface area contributed by atoms with Crippen molar-refractivity contribution >= 4 is 26.7 Å². The average molecular weight is 620 g/mol. The molecular weight excluding hydrogens is 578 g/mol. The third-order valence-corrected chi connectivity index (χ3v) is 9.74. The Balaban J connectivity index is 1.27. The van der Waals surface area contributed by atoms with Gasteiger partial charge in [-0.1, -0.05) is 18.2 Å². The summed E-state index contributed by atoms with van der Waals surface area (Å²) in [6.07, 6.45) is 0.778. The molecular formula is C33H41N5O5S. The molecule has 0 bridgehead atoms. The first-order valence-corrected chi connectivity index (χ1v) is 16.5. The van der Waals surface area contributed by atoms with Gasteiger partial charge < -0.3 is 19.5 Å². The van der Waals surface area contributed by atoms with Crippen LogP contribution in [-0.4, -0.2) is 80.6 Å². The smallest absolute Gasteiger partial charge is 0.243 e. The first kappa shape index (κ1) is 31.5. The third-order valence-electron chi connectivity index (χ3n) is 7.83. The van der Waals surface area contributed by atoms with Crippen LogP contribution in [0.3, 0.4) is 0 Å².